The van der Waals surface area contributed by atoms with Crippen molar-refractivity contribution in [3.8, 4) is 0 Å². The van der Waals surface area contributed by atoms with Crippen LogP contribution in [0, 0.1) is 0 Å². The molecule has 1 aliphatic carbocycles. The summed E-state index contributed by atoms with van der Waals surface area (Å²) in [6.45, 7) is 6.37. The summed E-state index contributed by atoms with van der Waals surface area (Å²) in [4.78, 5) is 5.12. The van der Waals surface area contributed by atoms with Gasteiger partial charge in [0, 0.05) is 23.0 Å². The van der Waals surface area contributed by atoms with Crippen molar-refractivity contribution in [2.45, 2.75) is 57.3 Å². The molecule has 0 unspecified atom stereocenters. The number of halogens is 3. The van der Waals surface area contributed by atoms with E-state index in [9.17, 15) is 13.2 Å². The lowest BCUT2D eigenvalue weighted by atomic mass is 9.98. The molecular formula is C12H17F3N2S. The van der Waals surface area contributed by atoms with Crippen molar-refractivity contribution in [2.24, 2.45) is 0 Å². The van der Waals surface area contributed by atoms with Crippen molar-refractivity contribution in [1.29, 1.82) is 0 Å². The van der Waals surface area contributed by atoms with Crippen molar-refractivity contribution >= 4 is 11.3 Å². The average Bonchev–Trinajstić information content (AvgIpc) is 2.85. The first-order chi connectivity index (χ1) is 8.14. The smallest absolute Gasteiger partial charge is 0.299 e. The fourth-order valence-electron chi connectivity index (χ4n) is 1.68. The first kappa shape index (κ1) is 13.8. The average molecular weight is 278 g/mol. The van der Waals surface area contributed by atoms with Crippen LogP contribution in [0.5, 0.6) is 0 Å². The van der Waals surface area contributed by atoms with E-state index in [1.807, 2.05) is 20.8 Å². The third-order valence-corrected chi connectivity index (χ3v) is 4.51. The zero-order valence-corrected chi connectivity index (χ0v) is 11.5. The van der Waals surface area contributed by atoms with E-state index < -0.39 is 11.7 Å². The Bertz CT molecular complexity index is 427. The van der Waals surface area contributed by atoms with Gasteiger partial charge in [-0.15, -0.1) is 11.3 Å². The molecule has 102 valence electrons. The summed E-state index contributed by atoms with van der Waals surface area (Å²) >= 11 is 1.48. The molecule has 18 heavy (non-hydrogen) atoms. The van der Waals surface area contributed by atoms with Gasteiger partial charge in [-0.1, -0.05) is 20.8 Å². The molecule has 1 N–H and O–H groups in total. The maximum atomic E-state index is 12.7. The van der Waals surface area contributed by atoms with Crippen LogP contribution in [0.25, 0.3) is 0 Å². The molecule has 0 bridgehead atoms. The van der Waals surface area contributed by atoms with E-state index in [4.69, 9.17) is 0 Å². The number of rotatable bonds is 3. The second-order valence-corrected chi connectivity index (χ2v) is 6.93. The molecule has 0 amide bonds. The van der Waals surface area contributed by atoms with Crippen molar-refractivity contribution < 1.29 is 13.2 Å². The first-order valence-corrected chi connectivity index (χ1v) is 6.73. The Morgan fingerprint density at radius 2 is 1.94 bits per heavy atom. The van der Waals surface area contributed by atoms with E-state index in [0.717, 1.165) is 9.88 Å². The quantitative estimate of drug-likeness (QED) is 0.913. The van der Waals surface area contributed by atoms with Crippen LogP contribution >= 0.6 is 11.3 Å². The summed E-state index contributed by atoms with van der Waals surface area (Å²) in [6.07, 6.45) is -2.11. The highest BCUT2D eigenvalue weighted by Crippen LogP contribution is 2.49. The fraction of sp³-hybridized carbons (Fsp3) is 0.750. The largest absolute Gasteiger partial charge is 0.406 e. The molecule has 1 saturated carbocycles. The Labute approximate surface area is 109 Å². The van der Waals surface area contributed by atoms with Crippen LogP contribution in [0.15, 0.2) is 6.20 Å². The van der Waals surface area contributed by atoms with Crippen LogP contribution < -0.4 is 5.32 Å². The van der Waals surface area contributed by atoms with Gasteiger partial charge in [-0.25, -0.2) is 4.98 Å². The normalized spacial score (nSPS) is 19.0. The Morgan fingerprint density at radius 3 is 2.33 bits per heavy atom. The summed E-state index contributed by atoms with van der Waals surface area (Å²) in [5, 5.41) is 3.59. The summed E-state index contributed by atoms with van der Waals surface area (Å²) in [5.74, 6) is 0. The summed E-state index contributed by atoms with van der Waals surface area (Å²) in [6, 6.07) is 0. The Balaban J connectivity index is 1.98. The van der Waals surface area contributed by atoms with Crippen LogP contribution in [-0.4, -0.2) is 16.7 Å². The molecule has 1 heterocycles. The zero-order chi connectivity index (χ0) is 13.6. The van der Waals surface area contributed by atoms with Gasteiger partial charge in [0.05, 0.1) is 5.01 Å². The van der Waals surface area contributed by atoms with Gasteiger partial charge in [0.2, 0.25) is 0 Å². The predicted octanol–water partition coefficient (Wildman–Crippen LogP) is 3.63. The molecule has 1 aromatic rings. The molecule has 1 fully saturated rings. The molecule has 2 rings (SSSR count). The van der Waals surface area contributed by atoms with E-state index in [1.165, 1.54) is 11.3 Å². The highest BCUT2D eigenvalue weighted by molar-refractivity contribution is 7.11. The van der Waals surface area contributed by atoms with Gasteiger partial charge < -0.3 is 0 Å². The van der Waals surface area contributed by atoms with Crippen molar-refractivity contribution in [1.82, 2.24) is 10.3 Å². The van der Waals surface area contributed by atoms with Crippen LogP contribution in [0.3, 0.4) is 0 Å². The number of aromatic nitrogens is 1. The number of hydrogen-bond donors (Lipinski definition) is 1. The number of thiazole rings is 1. The lowest BCUT2D eigenvalue weighted by molar-refractivity contribution is -0.166. The van der Waals surface area contributed by atoms with Gasteiger partial charge in [0.25, 0.3) is 0 Å². The van der Waals surface area contributed by atoms with Crippen LogP contribution in [0.4, 0.5) is 13.2 Å². The van der Waals surface area contributed by atoms with E-state index in [1.54, 1.807) is 6.20 Å². The van der Waals surface area contributed by atoms with E-state index in [0.29, 0.717) is 0 Å². The molecule has 0 aromatic carbocycles. The minimum atomic E-state index is -4.15. The number of nitrogens with zero attached hydrogens (tertiary/aromatic N) is 1. The molecule has 6 heteroatoms. The SMILES string of the molecule is CC(C)(C)c1ncc(CNC2(C(F)(F)F)CC2)s1. The lowest BCUT2D eigenvalue weighted by Crippen LogP contribution is -2.44. The monoisotopic (exact) mass is 278 g/mol. The maximum absolute atomic E-state index is 12.7. The van der Waals surface area contributed by atoms with Gasteiger partial charge in [0.15, 0.2) is 0 Å². The van der Waals surface area contributed by atoms with E-state index in [-0.39, 0.29) is 24.8 Å². The van der Waals surface area contributed by atoms with Gasteiger partial charge >= 0.3 is 6.18 Å². The molecule has 0 aliphatic heterocycles. The predicted molar refractivity (Wildman–Crippen MR) is 65.7 cm³/mol. The van der Waals surface area contributed by atoms with E-state index >= 15 is 0 Å². The van der Waals surface area contributed by atoms with Crippen molar-refractivity contribution in [3.05, 3.63) is 16.1 Å². The molecule has 2 nitrogen and oxygen atoms in total. The van der Waals surface area contributed by atoms with Gasteiger partial charge in [-0.2, -0.15) is 13.2 Å². The summed E-state index contributed by atoms with van der Waals surface area (Å²) in [5.41, 5.74) is -1.69. The Hall–Kier alpha value is -0.620. The third-order valence-electron chi connectivity index (χ3n) is 3.09. The van der Waals surface area contributed by atoms with Crippen molar-refractivity contribution in [2.75, 3.05) is 0 Å². The minimum absolute atomic E-state index is 0.0514. The molecule has 0 radical (unpaired) electrons. The fourth-order valence-corrected chi connectivity index (χ4v) is 2.59. The van der Waals surface area contributed by atoms with E-state index in [2.05, 4.69) is 10.3 Å². The first-order valence-electron chi connectivity index (χ1n) is 5.91. The van der Waals surface area contributed by atoms with Gasteiger partial charge in [-0.05, 0) is 12.8 Å². The molecule has 0 atom stereocenters. The summed E-state index contributed by atoms with van der Waals surface area (Å²) < 4.78 is 38.2. The molecular weight excluding hydrogens is 261 g/mol. The maximum Gasteiger partial charge on any atom is 0.406 e. The van der Waals surface area contributed by atoms with Gasteiger partial charge in [-0.3, -0.25) is 5.32 Å². The Morgan fingerprint density at radius 1 is 1.33 bits per heavy atom. The number of alkyl halides is 3. The van der Waals surface area contributed by atoms with Crippen LogP contribution in [0.2, 0.25) is 0 Å². The number of nitrogens with one attached hydrogen (secondary N) is 1. The second-order valence-electron chi connectivity index (χ2n) is 5.82. The highest BCUT2D eigenvalue weighted by atomic mass is 32.1. The lowest BCUT2D eigenvalue weighted by Gasteiger charge is -2.20. The van der Waals surface area contributed by atoms with Gasteiger partial charge in [0.1, 0.15) is 5.54 Å². The topological polar surface area (TPSA) is 24.9 Å². The van der Waals surface area contributed by atoms with Crippen LogP contribution in [0.1, 0.15) is 43.5 Å². The standard InChI is InChI=1S/C12H17F3N2S/c1-10(2,3)9-16-6-8(18-9)7-17-11(4-5-11)12(13,14)15/h6,17H,4-5,7H2,1-3H3. The Kier molecular flexibility index (Phi) is 3.22. The number of hydrogen-bond acceptors (Lipinski definition) is 3. The molecule has 0 spiro atoms. The molecule has 0 saturated heterocycles. The van der Waals surface area contributed by atoms with Crippen LogP contribution in [-0.2, 0) is 12.0 Å². The molecule has 1 aliphatic rings. The zero-order valence-electron chi connectivity index (χ0n) is 10.7. The highest BCUT2D eigenvalue weighted by Gasteiger charge is 2.62. The second kappa shape index (κ2) is 4.20. The molecule has 1 aromatic heterocycles. The third kappa shape index (κ3) is 2.69. The van der Waals surface area contributed by atoms with Crippen molar-refractivity contribution in [3.63, 3.8) is 0 Å². The summed E-state index contributed by atoms with van der Waals surface area (Å²) in [7, 11) is 0. The minimum Gasteiger partial charge on any atom is -0.299 e.